The Hall–Kier alpha value is -3.18. The van der Waals surface area contributed by atoms with E-state index in [0.29, 0.717) is 18.4 Å². The van der Waals surface area contributed by atoms with Crippen molar-refractivity contribution in [2.24, 2.45) is 0 Å². The number of benzene rings is 2. The lowest BCUT2D eigenvalue weighted by molar-refractivity contribution is -0.122. The van der Waals surface area contributed by atoms with Gasteiger partial charge in [-0.05, 0) is 80.1 Å². The minimum atomic E-state index is 0.0974. The maximum atomic E-state index is 11.7. The maximum Gasteiger partial charge on any atom is 0.233 e. The predicted molar refractivity (Wildman–Crippen MR) is 140 cm³/mol. The molecule has 5 heteroatoms. The number of likely N-dealkylation sites (N-methyl/N-ethyl adjacent to an activating group) is 1. The Balaban J connectivity index is 1.53. The lowest BCUT2D eigenvalue weighted by Crippen LogP contribution is -2.40. The van der Waals surface area contributed by atoms with Crippen molar-refractivity contribution in [1.29, 1.82) is 0 Å². The minimum Gasteiger partial charge on any atom is -0.358 e. The lowest BCUT2D eigenvalue weighted by Gasteiger charge is -2.31. The fourth-order valence-electron chi connectivity index (χ4n) is 5.52. The first-order valence-electron chi connectivity index (χ1n) is 12.4. The number of carbonyl (C=O) groups is 1. The summed E-state index contributed by atoms with van der Waals surface area (Å²) < 4.78 is 0. The smallest absolute Gasteiger partial charge is 0.233 e. The molecule has 5 nitrogen and oxygen atoms in total. The predicted octanol–water partition coefficient (Wildman–Crippen LogP) is 5.74. The second-order valence-corrected chi connectivity index (χ2v) is 9.93. The van der Waals surface area contributed by atoms with E-state index in [9.17, 15) is 4.79 Å². The fourth-order valence-corrected chi connectivity index (χ4v) is 5.52. The molecule has 1 fully saturated rings. The molecule has 0 unspecified atom stereocenters. The molecule has 0 radical (unpaired) electrons. The fraction of sp³-hybridized carbons (Fsp3) is 0.379. The van der Waals surface area contributed by atoms with Crippen LogP contribution >= 0.6 is 0 Å². The normalized spacial score (nSPS) is 15.4. The van der Waals surface area contributed by atoms with Gasteiger partial charge in [-0.15, -0.1) is 0 Å². The van der Waals surface area contributed by atoms with Gasteiger partial charge in [0.15, 0.2) is 0 Å². The Morgan fingerprint density at radius 2 is 1.88 bits per heavy atom. The highest BCUT2D eigenvalue weighted by Gasteiger charge is 2.24. The molecule has 4 aromatic rings. The van der Waals surface area contributed by atoms with Crippen molar-refractivity contribution in [3.63, 3.8) is 0 Å². The zero-order chi connectivity index (χ0) is 23.8. The van der Waals surface area contributed by atoms with Crippen LogP contribution in [-0.2, 0) is 4.79 Å². The minimum absolute atomic E-state index is 0.0974. The number of para-hydroxylation sites is 1. The van der Waals surface area contributed by atoms with Gasteiger partial charge in [0.1, 0.15) is 0 Å². The molecule has 0 spiro atoms. The van der Waals surface area contributed by atoms with Crippen molar-refractivity contribution >= 4 is 27.7 Å². The van der Waals surface area contributed by atoms with Gasteiger partial charge in [0, 0.05) is 34.6 Å². The van der Waals surface area contributed by atoms with Gasteiger partial charge in [-0.3, -0.25) is 14.7 Å². The number of fused-ring (bicyclic) bond motifs is 2. The Bertz CT molecular complexity index is 1350. The third kappa shape index (κ3) is 4.21. The number of rotatable bonds is 5. The van der Waals surface area contributed by atoms with Crippen LogP contribution in [0.4, 0.5) is 0 Å². The Kier molecular flexibility index (Phi) is 6.13. The summed E-state index contributed by atoms with van der Waals surface area (Å²) in [5.74, 6) is 1.02. The summed E-state index contributed by atoms with van der Waals surface area (Å²) in [6.45, 7) is 9.07. The molecular formula is C29H34N4O. The Morgan fingerprint density at radius 3 is 2.62 bits per heavy atom. The first-order valence-corrected chi connectivity index (χ1v) is 12.4. The summed E-state index contributed by atoms with van der Waals surface area (Å²) in [5, 5.41) is 5.25. The van der Waals surface area contributed by atoms with Crippen molar-refractivity contribution in [3.05, 3.63) is 65.4 Å². The number of hydrogen-bond acceptors (Lipinski definition) is 3. The molecule has 1 amide bonds. The van der Waals surface area contributed by atoms with E-state index in [-0.39, 0.29) is 5.91 Å². The summed E-state index contributed by atoms with van der Waals surface area (Å²) in [4.78, 5) is 22.5. The van der Waals surface area contributed by atoms with Gasteiger partial charge in [0.25, 0.3) is 0 Å². The van der Waals surface area contributed by atoms with Crippen LogP contribution in [0.3, 0.4) is 0 Å². The third-order valence-corrected chi connectivity index (χ3v) is 7.26. The van der Waals surface area contributed by atoms with E-state index in [1.807, 2.05) is 0 Å². The molecule has 1 saturated heterocycles. The quantitative estimate of drug-likeness (QED) is 0.404. The number of nitrogens with zero attached hydrogens (tertiary/aromatic N) is 2. The van der Waals surface area contributed by atoms with Gasteiger partial charge in [0.2, 0.25) is 5.91 Å². The van der Waals surface area contributed by atoms with Crippen LogP contribution in [0.15, 0.2) is 48.5 Å². The number of H-pyrrole nitrogens is 1. The molecule has 2 aromatic heterocycles. The van der Waals surface area contributed by atoms with Gasteiger partial charge in [-0.2, -0.15) is 0 Å². The molecule has 3 heterocycles. The topological polar surface area (TPSA) is 61.0 Å². The number of piperidine rings is 1. The van der Waals surface area contributed by atoms with Crippen LogP contribution in [0.1, 0.15) is 55.3 Å². The first-order chi connectivity index (χ1) is 16.4. The molecule has 1 aliphatic heterocycles. The average molecular weight is 455 g/mol. The number of amides is 1. The van der Waals surface area contributed by atoms with Gasteiger partial charge < -0.3 is 10.3 Å². The van der Waals surface area contributed by atoms with Crippen LogP contribution in [0.2, 0.25) is 0 Å². The highest BCUT2D eigenvalue weighted by Crippen LogP contribution is 2.40. The van der Waals surface area contributed by atoms with E-state index in [0.717, 1.165) is 37.1 Å². The molecule has 1 aliphatic rings. The second-order valence-electron chi connectivity index (χ2n) is 9.93. The zero-order valence-electron chi connectivity index (χ0n) is 20.6. The van der Waals surface area contributed by atoms with Crippen LogP contribution in [0.5, 0.6) is 0 Å². The van der Waals surface area contributed by atoms with Gasteiger partial charge in [-0.1, -0.05) is 38.1 Å². The monoisotopic (exact) mass is 454 g/mol. The summed E-state index contributed by atoms with van der Waals surface area (Å²) in [6, 6.07) is 17.6. The molecule has 34 heavy (non-hydrogen) atoms. The summed E-state index contributed by atoms with van der Waals surface area (Å²) >= 11 is 0. The van der Waals surface area contributed by atoms with Gasteiger partial charge >= 0.3 is 0 Å². The number of likely N-dealkylation sites (tertiary alicyclic amines) is 1. The van der Waals surface area contributed by atoms with Crippen LogP contribution in [-0.4, -0.2) is 47.5 Å². The number of nitrogens with one attached hydrogen (secondary N) is 2. The molecule has 5 rings (SSSR count). The number of pyridine rings is 1. The van der Waals surface area contributed by atoms with Crippen molar-refractivity contribution in [3.8, 4) is 11.3 Å². The van der Waals surface area contributed by atoms with Gasteiger partial charge in [-0.25, -0.2) is 0 Å². The van der Waals surface area contributed by atoms with E-state index in [2.05, 4.69) is 84.5 Å². The zero-order valence-corrected chi connectivity index (χ0v) is 20.6. The number of aromatic nitrogens is 2. The Morgan fingerprint density at radius 1 is 1.12 bits per heavy atom. The summed E-state index contributed by atoms with van der Waals surface area (Å²) in [6.07, 6.45) is 2.18. The van der Waals surface area contributed by atoms with Crippen molar-refractivity contribution < 1.29 is 4.79 Å². The molecule has 2 N–H and O–H groups in total. The molecule has 0 saturated carbocycles. The molecule has 0 bridgehead atoms. The van der Waals surface area contributed by atoms with E-state index < -0.39 is 0 Å². The molecular weight excluding hydrogens is 420 g/mol. The summed E-state index contributed by atoms with van der Waals surface area (Å²) in [5.41, 5.74) is 8.50. The standard InChI is InChI=1S/C29H34N4O/c1-18(2)28-24-16-21(20-11-13-33(14-12-20)17-27(34)30-4)9-10-26(24)32-29(28)23-15-19(3)31-25-8-6-5-7-22(23)25/h5-10,15-16,18,20,32H,11-14,17H2,1-4H3,(H,30,34). The van der Waals surface area contributed by atoms with E-state index in [1.54, 1.807) is 7.05 Å². The Labute approximate surface area is 201 Å². The van der Waals surface area contributed by atoms with E-state index in [4.69, 9.17) is 4.98 Å². The van der Waals surface area contributed by atoms with Crippen molar-refractivity contribution in [2.45, 2.75) is 45.4 Å². The van der Waals surface area contributed by atoms with Crippen molar-refractivity contribution in [2.75, 3.05) is 26.7 Å². The van der Waals surface area contributed by atoms with E-state index >= 15 is 0 Å². The second kappa shape index (κ2) is 9.22. The highest BCUT2D eigenvalue weighted by molar-refractivity contribution is 6.00. The maximum absolute atomic E-state index is 11.7. The first kappa shape index (κ1) is 22.6. The largest absolute Gasteiger partial charge is 0.358 e. The molecule has 176 valence electrons. The third-order valence-electron chi connectivity index (χ3n) is 7.26. The highest BCUT2D eigenvalue weighted by atomic mass is 16.1. The average Bonchev–Trinajstić information content (AvgIpc) is 3.22. The number of hydrogen-bond donors (Lipinski definition) is 2. The van der Waals surface area contributed by atoms with Gasteiger partial charge in [0.05, 0.1) is 17.8 Å². The number of aromatic amines is 1. The van der Waals surface area contributed by atoms with Crippen molar-refractivity contribution in [1.82, 2.24) is 20.2 Å². The number of aryl methyl sites for hydroxylation is 1. The van der Waals surface area contributed by atoms with Crippen LogP contribution in [0, 0.1) is 6.92 Å². The number of carbonyl (C=O) groups excluding carboxylic acids is 1. The molecule has 0 aliphatic carbocycles. The van der Waals surface area contributed by atoms with E-state index in [1.165, 1.54) is 38.7 Å². The van der Waals surface area contributed by atoms with Crippen LogP contribution in [0.25, 0.3) is 33.1 Å². The summed E-state index contributed by atoms with van der Waals surface area (Å²) in [7, 11) is 1.71. The lowest BCUT2D eigenvalue weighted by atomic mass is 9.87. The van der Waals surface area contributed by atoms with Crippen LogP contribution < -0.4 is 5.32 Å². The molecule has 0 atom stereocenters. The SMILES string of the molecule is CNC(=O)CN1CCC(c2ccc3[nH]c(-c4cc(C)nc5ccccc45)c(C(C)C)c3c2)CC1. The molecule has 2 aromatic carbocycles.